The lowest BCUT2D eigenvalue weighted by molar-refractivity contribution is -0.112. The SMILES string of the molecule is Cc1ncsc1CCSC(=O)C(Cc1cc(=O)[nH]c2ccccc12)NC(=O)c1ccc(Cl)cc1. The monoisotopic (exact) mass is 511 g/mol. The van der Waals surface area contributed by atoms with Gasteiger partial charge in [-0.15, -0.1) is 11.3 Å². The second kappa shape index (κ2) is 11.0. The number of nitrogens with one attached hydrogen (secondary N) is 2. The molecule has 174 valence electrons. The van der Waals surface area contributed by atoms with Crippen LogP contribution in [0.1, 0.15) is 26.5 Å². The number of aryl methyl sites for hydroxylation is 2. The molecule has 0 fully saturated rings. The van der Waals surface area contributed by atoms with Crippen LogP contribution in [0.2, 0.25) is 5.02 Å². The number of para-hydroxylation sites is 1. The highest BCUT2D eigenvalue weighted by Gasteiger charge is 2.24. The average Bonchev–Trinajstić information content (AvgIpc) is 3.23. The van der Waals surface area contributed by atoms with Crippen molar-refractivity contribution in [3.8, 4) is 0 Å². The topological polar surface area (TPSA) is 91.9 Å². The Balaban J connectivity index is 1.56. The predicted octanol–water partition coefficient (Wildman–Crippen LogP) is 4.79. The Morgan fingerprint density at radius 2 is 1.94 bits per heavy atom. The summed E-state index contributed by atoms with van der Waals surface area (Å²) in [5.41, 5.74) is 4.31. The summed E-state index contributed by atoms with van der Waals surface area (Å²) in [5, 5.41) is 4.07. The summed E-state index contributed by atoms with van der Waals surface area (Å²) in [6, 6.07) is 14.6. The third-order valence-electron chi connectivity index (χ3n) is 5.37. The molecule has 0 saturated carbocycles. The highest BCUT2D eigenvalue weighted by molar-refractivity contribution is 8.13. The molecule has 34 heavy (non-hydrogen) atoms. The smallest absolute Gasteiger partial charge is 0.251 e. The minimum absolute atomic E-state index is 0.158. The van der Waals surface area contributed by atoms with E-state index in [4.69, 9.17) is 11.6 Å². The lowest BCUT2D eigenvalue weighted by Gasteiger charge is -2.18. The second-order valence-corrected chi connectivity index (χ2v) is 10.2. The van der Waals surface area contributed by atoms with Crippen molar-refractivity contribution in [2.75, 3.05) is 5.75 Å². The molecule has 2 aromatic heterocycles. The molecule has 1 atom stereocenters. The molecular formula is C25H22ClN3O3S2. The number of benzene rings is 2. The third-order valence-corrected chi connectivity index (χ3v) is 7.60. The molecule has 2 aromatic carbocycles. The van der Waals surface area contributed by atoms with Gasteiger partial charge in [0.2, 0.25) is 10.7 Å². The number of thioether (sulfide) groups is 1. The number of H-pyrrole nitrogens is 1. The van der Waals surface area contributed by atoms with E-state index in [0.717, 1.165) is 22.4 Å². The Labute approximate surface area is 209 Å². The standard InChI is InChI=1S/C25H22ClN3O3S2/c1-15-22(34-14-27-15)10-11-33-25(32)21(29-24(31)16-6-8-18(26)9-7-16)12-17-13-23(30)28-20-5-3-2-4-19(17)20/h2-9,13-14,21H,10-12H2,1H3,(H,28,30)(H,29,31). The quantitative estimate of drug-likeness (QED) is 0.355. The Kier molecular flexibility index (Phi) is 7.82. The minimum Gasteiger partial charge on any atom is -0.341 e. The van der Waals surface area contributed by atoms with Crippen molar-refractivity contribution in [3.63, 3.8) is 0 Å². The van der Waals surface area contributed by atoms with Crippen LogP contribution in [0.3, 0.4) is 0 Å². The first-order valence-corrected chi connectivity index (χ1v) is 12.9. The van der Waals surface area contributed by atoms with Gasteiger partial charge in [-0.1, -0.05) is 41.6 Å². The zero-order valence-corrected chi connectivity index (χ0v) is 20.7. The van der Waals surface area contributed by atoms with E-state index in [1.54, 1.807) is 41.1 Å². The van der Waals surface area contributed by atoms with Crippen molar-refractivity contribution in [1.82, 2.24) is 15.3 Å². The molecule has 0 aliphatic rings. The van der Waals surface area contributed by atoms with Crippen LogP contribution in [0.4, 0.5) is 0 Å². The predicted molar refractivity (Wildman–Crippen MR) is 139 cm³/mol. The van der Waals surface area contributed by atoms with E-state index in [2.05, 4.69) is 15.3 Å². The van der Waals surface area contributed by atoms with Gasteiger partial charge in [0, 0.05) is 44.6 Å². The second-order valence-electron chi connectivity index (χ2n) is 7.72. The van der Waals surface area contributed by atoms with Crippen molar-refractivity contribution in [2.24, 2.45) is 0 Å². The third kappa shape index (κ3) is 5.94. The summed E-state index contributed by atoms with van der Waals surface area (Å²) in [6.07, 6.45) is 0.924. The number of hydrogen-bond acceptors (Lipinski definition) is 6. The number of nitrogens with zero attached hydrogens (tertiary/aromatic N) is 1. The number of aromatic amines is 1. The van der Waals surface area contributed by atoms with Crippen LogP contribution in [0, 0.1) is 6.92 Å². The molecule has 0 saturated heterocycles. The van der Waals surface area contributed by atoms with E-state index in [1.807, 2.05) is 31.2 Å². The van der Waals surface area contributed by atoms with Crippen LogP contribution in [0.25, 0.3) is 10.9 Å². The molecule has 0 radical (unpaired) electrons. The molecule has 2 heterocycles. The zero-order chi connectivity index (χ0) is 24.1. The van der Waals surface area contributed by atoms with E-state index in [1.165, 1.54) is 17.8 Å². The molecule has 6 nitrogen and oxygen atoms in total. The first kappa shape index (κ1) is 24.2. The average molecular weight is 512 g/mol. The molecule has 0 aliphatic carbocycles. The van der Waals surface area contributed by atoms with Crippen LogP contribution in [-0.2, 0) is 17.6 Å². The highest BCUT2D eigenvalue weighted by Crippen LogP contribution is 2.21. The van der Waals surface area contributed by atoms with Gasteiger partial charge in [-0.25, -0.2) is 4.98 Å². The number of carbonyl (C=O) groups is 2. The van der Waals surface area contributed by atoms with Gasteiger partial charge in [-0.2, -0.15) is 0 Å². The Bertz CT molecular complexity index is 1380. The maximum absolute atomic E-state index is 13.2. The molecule has 0 bridgehead atoms. The summed E-state index contributed by atoms with van der Waals surface area (Å²) in [4.78, 5) is 46.6. The number of rotatable bonds is 8. The van der Waals surface area contributed by atoms with Gasteiger partial charge in [0.05, 0.1) is 11.2 Å². The van der Waals surface area contributed by atoms with Crippen LogP contribution in [0.5, 0.6) is 0 Å². The van der Waals surface area contributed by atoms with Crippen molar-refractivity contribution >= 4 is 56.6 Å². The van der Waals surface area contributed by atoms with E-state index in [-0.39, 0.29) is 23.0 Å². The van der Waals surface area contributed by atoms with Crippen LogP contribution < -0.4 is 10.9 Å². The molecule has 0 spiro atoms. The Morgan fingerprint density at radius 1 is 1.18 bits per heavy atom. The fourth-order valence-electron chi connectivity index (χ4n) is 3.61. The van der Waals surface area contributed by atoms with Crippen molar-refractivity contribution in [2.45, 2.75) is 25.8 Å². The molecule has 4 aromatic rings. The number of halogens is 1. The Morgan fingerprint density at radius 3 is 2.68 bits per heavy atom. The van der Waals surface area contributed by atoms with Crippen molar-refractivity contribution < 1.29 is 9.59 Å². The molecule has 1 amide bonds. The first-order valence-electron chi connectivity index (χ1n) is 10.6. The van der Waals surface area contributed by atoms with Gasteiger partial charge in [-0.3, -0.25) is 14.4 Å². The van der Waals surface area contributed by atoms with Crippen LogP contribution >= 0.6 is 34.7 Å². The van der Waals surface area contributed by atoms with E-state index >= 15 is 0 Å². The first-order chi connectivity index (χ1) is 16.4. The number of hydrogen-bond donors (Lipinski definition) is 2. The number of aromatic nitrogens is 2. The summed E-state index contributed by atoms with van der Waals surface area (Å²) < 4.78 is 0. The van der Waals surface area contributed by atoms with Gasteiger partial charge < -0.3 is 10.3 Å². The summed E-state index contributed by atoms with van der Waals surface area (Å²) in [7, 11) is 0. The molecular weight excluding hydrogens is 490 g/mol. The van der Waals surface area contributed by atoms with E-state index in [9.17, 15) is 14.4 Å². The zero-order valence-electron chi connectivity index (χ0n) is 18.3. The molecule has 0 aliphatic heterocycles. The van der Waals surface area contributed by atoms with E-state index in [0.29, 0.717) is 27.4 Å². The van der Waals surface area contributed by atoms with Crippen LogP contribution in [-0.4, -0.2) is 32.8 Å². The summed E-state index contributed by atoms with van der Waals surface area (Å²) in [5.74, 6) is 0.203. The number of amides is 1. The molecule has 2 N–H and O–H groups in total. The van der Waals surface area contributed by atoms with Crippen molar-refractivity contribution in [1.29, 1.82) is 0 Å². The lowest BCUT2D eigenvalue weighted by Crippen LogP contribution is -2.41. The number of carbonyl (C=O) groups excluding carboxylic acids is 2. The maximum atomic E-state index is 13.2. The Hall–Kier alpha value is -2.94. The summed E-state index contributed by atoms with van der Waals surface area (Å²) in [6.45, 7) is 1.95. The normalized spacial score (nSPS) is 11.9. The minimum atomic E-state index is -0.805. The summed E-state index contributed by atoms with van der Waals surface area (Å²) >= 11 is 8.68. The maximum Gasteiger partial charge on any atom is 0.251 e. The van der Waals surface area contributed by atoms with Gasteiger partial charge in [0.15, 0.2) is 0 Å². The van der Waals surface area contributed by atoms with Gasteiger partial charge in [0.1, 0.15) is 6.04 Å². The van der Waals surface area contributed by atoms with Gasteiger partial charge in [0.25, 0.3) is 5.91 Å². The fraction of sp³-hybridized carbons (Fsp3) is 0.200. The highest BCUT2D eigenvalue weighted by atomic mass is 35.5. The number of pyridine rings is 1. The molecule has 4 rings (SSSR count). The van der Waals surface area contributed by atoms with Crippen LogP contribution in [0.15, 0.2) is 64.9 Å². The van der Waals surface area contributed by atoms with E-state index < -0.39 is 6.04 Å². The molecule has 9 heteroatoms. The van der Waals surface area contributed by atoms with Gasteiger partial charge >= 0.3 is 0 Å². The van der Waals surface area contributed by atoms with Gasteiger partial charge in [-0.05, 0) is 49.2 Å². The number of fused-ring (bicyclic) bond motifs is 1. The number of thiazole rings is 1. The molecule has 1 unspecified atom stereocenters. The van der Waals surface area contributed by atoms with Crippen molar-refractivity contribution in [3.05, 3.63) is 97.2 Å². The fourth-order valence-corrected chi connectivity index (χ4v) is 5.50. The largest absolute Gasteiger partial charge is 0.341 e. The lowest BCUT2D eigenvalue weighted by atomic mass is 10.0.